The first-order chi connectivity index (χ1) is 13.1. The van der Waals surface area contributed by atoms with Crippen molar-refractivity contribution in [3.8, 4) is 0 Å². The molecular weight excluding hydrogens is 382 g/mol. The number of nitrogens with one attached hydrogen (secondary N) is 1. The van der Waals surface area contributed by atoms with Gasteiger partial charge in [0.25, 0.3) is 5.91 Å². The number of imide groups is 1. The maximum Gasteiger partial charge on any atom is 0.325 e. The third-order valence-electron chi connectivity index (χ3n) is 5.54. The van der Waals surface area contributed by atoms with Crippen molar-refractivity contribution in [2.75, 3.05) is 25.1 Å². The van der Waals surface area contributed by atoms with Crippen molar-refractivity contribution < 1.29 is 22.8 Å². The Hall–Kier alpha value is -2.42. The fourth-order valence-electron chi connectivity index (χ4n) is 3.63. The zero-order valence-electron chi connectivity index (χ0n) is 16.1. The van der Waals surface area contributed by atoms with Crippen LogP contribution in [0.15, 0.2) is 30.3 Å². The number of sulfone groups is 1. The number of hydrogen-bond acceptors (Lipinski definition) is 5. The van der Waals surface area contributed by atoms with Gasteiger partial charge in [0.2, 0.25) is 5.91 Å². The zero-order chi connectivity index (χ0) is 20.5. The lowest BCUT2D eigenvalue weighted by atomic mass is 9.93. The van der Waals surface area contributed by atoms with Gasteiger partial charge in [-0.25, -0.2) is 13.2 Å². The molecule has 0 aromatic heterocycles. The maximum atomic E-state index is 12.8. The van der Waals surface area contributed by atoms with Crippen molar-refractivity contribution in [2.24, 2.45) is 0 Å². The second kappa shape index (κ2) is 7.54. The predicted octanol–water partition coefficient (Wildman–Crippen LogP) is 0.575. The number of urea groups is 1. The Morgan fingerprint density at radius 3 is 2.57 bits per heavy atom. The van der Waals surface area contributed by atoms with Gasteiger partial charge in [-0.1, -0.05) is 30.3 Å². The summed E-state index contributed by atoms with van der Waals surface area (Å²) >= 11 is 0. The van der Waals surface area contributed by atoms with Crippen molar-refractivity contribution in [1.29, 1.82) is 0 Å². The summed E-state index contributed by atoms with van der Waals surface area (Å²) in [6, 6.07) is 8.64. The molecule has 2 heterocycles. The highest BCUT2D eigenvalue weighted by Gasteiger charge is 2.48. The highest BCUT2D eigenvalue weighted by Crippen LogP contribution is 2.24. The van der Waals surface area contributed by atoms with Crippen LogP contribution in [0, 0.1) is 0 Å². The molecule has 152 valence electrons. The van der Waals surface area contributed by atoms with E-state index in [-0.39, 0.29) is 11.5 Å². The summed E-state index contributed by atoms with van der Waals surface area (Å²) < 4.78 is 23.2. The number of nitrogens with zero attached hydrogens (tertiary/aromatic N) is 2. The molecule has 2 aliphatic heterocycles. The molecule has 1 N–H and O–H groups in total. The minimum Gasteiger partial charge on any atom is -0.340 e. The van der Waals surface area contributed by atoms with Crippen LogP contribution in [0.1, 0.15) is 25.3 Å². The molecule has 2 saturated heterocycles. The predicted molar refractivity (Wildman–Crippen MR) is 103 cm³/mol. The van der Waals surface area contributed by atoms with Crippen LogP contribution in [-0.4, -0.2) is 72.7 Å². The summed E-state index contributed by atoms with van der Waals surface area (Å²) in [7, 11) is -1.61. The summed E-state index contributed by atoms with van der Waals surface area (Å²) in [5.41, 5.74) is -0.00914. The van der Waals surface area contributed by atoms with Crippen molar-refractivity contribution in [1.82, 2.24) is 15.1 Å². The topological polar surface area (TPSA) is 104 Å². The molecule has 2 atom stereocenters. The van der Waals surface area contributed by atoms with E-state index in [4.69, 9.17) is 0 Å². The molecule has 0 unspecified atom stereocenters. The molecular formula is C19H25N3O5S. The van der Waals surface area contributed by atoms with Gasteiger partial charge < -0.3 is 10.2 Å². The molecule has 2 fully saturated rings. The third kappa shape index (κ3) is 4.19. The van der Waals surface area contributed by atoms with Gasteiger partial charge in [-0.2, -0.15) is 0 Å². The first-order valence-corrected chi connectivity index (χ1v) is 11.1. The Balaban J connectivity index is 1.62. The Morgan fingerprint density at radius 1 is 1.29 bits per heavy atom. The lowest BCUT2D eigenvalue weighted by Crippen LogP contribution is -2.47. The molecule has 1 aromatic rings. The zero-order valence-corrected chi connectivity index (χ0v) is 16.9. The van der Waals surface area contributed by atoms with Crippen molar-refractivity contribution in [3.05, 3.63) is 35.9 Å². The summed E-state index contributed by atoms with van der Waals surface area (Å²) in [5.74, 6) is -0.910. The molecule has 8 nitrogen and oxygen atoms in total. The molecule has 3 rings (SSSR count). The first-order valence-electron chi connectivity index (χ1n) is 9.25. The quantitative estimate of drug-likeness (QED) is 0.695. The number of likely N-dealkylation sites (N-methyl/N-ethyl adjacent to an activating group) is 1. The number of hydrogen-bond donors (Lipinski definition) is 1. The second-order valence-corrected chi connectivity index (χ2v) is 9.93. The lowest BCUT2D eigenvalue weighted by molar-refractivity contribution is -0.139. The van der Waals surface area contributed by atoms with E-state index in [0.29, 0.717) is 19.3 Å². The van der Waals surface area contributed by atoms with E-state index in [1.165, 1.54) is 11.9 Å². The SMILES string of the molecule is CN(C(=O)CN1C(=O)N[C@@](C)(CCc2ccccc2)C1=O)[C@H]1CCS(=O)(=O)C1. The second-order valence-electron chi connectivity index (χ2n) is 7.70. The monoisotopic (exact) mass is 407 g/mol. The molecule has 4 amide bonds. The molecule has 0 bridgehead atoms. The fraction of sp³-hybridized carbons (Fsp3) is 0.526. The lowest BCUT2D eigenvalue weighted by Gasteiger charge is -2.26. The maximum absolute atomic E-state index is 12.8. The number of carbonyl (C=O) groups excluding carboxylic acids is 3. The van der Waals surface area contributed by atoms with Gasteiger partial charge in [0, 0.05) is 13.1 Å². The van der Waals surface area contributed by atoms with E-state index in [1.54, 1.807) is 6.92 Å². The third-order valence-corrected chi connectivity index (χ3v) is 7.29. The normalized spacial score (nSPS) is 26.4. The van der Waals surface area contributed by atoms with Crippen LogP contribution in [0.25, 0.3) is 0 Å². The largest absolute Gasteiger partial charge is 0.340 e. The van der Waals surface area contributed by atoms with E-state index in [9.17, 15) is 22.8 Å². The molecule has 2 aliphatic rings. The highest BCUT2D eigenvalue weighted by atomic mass is 32.2. The standard InChI is InChI=1S/C19H25N3O5S/c1-19(10-8-14-6-4-3-5-7-14)17(24)22(18(25)20-19)12-16(23)21(2)15-9-11-28(26,27)13-15/h3-7,15H,8-13H2,1-2H3,(H,20,25)/t15-,19-/m0/s1. The number of aryl methyl sites for hydroxylation is 1. The molecule has 28 heavy (non-hydrogen) atoms. The van der Waals surface area contributed by atoms with Crippen LogP contribution in [0.5, 0.6) is 0 Å². The van der Waals surface area contributed by atoms with Crippen LogP contribution >= 0.6 is 0 Å². The summed E-state index contributed by atoms with van der Waals surface area (Å²) in [6.07, 6.45) is 1.41. The van der Waals surface area contributed by atoms with Gasteiger partial charge in [-0.15, -0.1) is 0 Å². The van der Waals surface area contributed by atoms with E-state index < -0.39 is 45.8 Å². The van der Waals surface area contributed by atoms with Gasteiger partial charge in [0.05, 0.1) is 11.5 Å². The molecule has 0 spiro atoms. The van der Waals surface area contributed by atoms with Crippen LogP contribution in [-0.2, 0) is 25.8 Å². The minimum atomic E-state index is -3.13. The molecule has 9 heteroatoms. The number of rotatable bonds is 6. The molecule has 0 aliphatic carbocycles. The Labute approximate surface area is 164 Å². The highest BCUT2D eigenvalue weighted by molar-refractivity contribution is 7.91. The summed E-state index contributed by atoms with van der Waals surface area (Å²) in [4.78, 5) is 39.9. The number of carbonyl (C=O) groups is 3. The van der Waals surface area contributed by atoms with Gasteiger partial charge >= 0.3 is 6.03 Å². The van der Waals surface area contributed by atoms with E-state index in [0.717, 1.165) is 10.5 Å². The molecule has 0 radical (unpaired) electrons. The van der Waals surface area contributed by atoms with Crippen molar-refractivity contribution in [2.45, 2.75) is 37.8 Å². The summed E-state index contributed by atoms with van der Waals surface area (Å²) in [5, 5.41) is 2.70. The average Bonchev–Trinajstić information content (AvgIpc) is 3.12. The number of benzene rings is 1. The Morgan fingerprint density at radius 2 is 1.96 bits per heavy atom. The Kier molecular flexibility index (Phi) is 5.47. The smallest absolute Gasteiger partial charge is 0.325 e. The minimum absolute atomic E-state index is 0.0516. The van der Waals surface area contributed by atoms with Gasteiger partial charge in [0.1, 0.15) is 12.1 Å². The van der Waals surface area contributed by atoms with Gasteiger partial charge in [0.15, 0.2) is 9.84 Å². The van der Waals surface area contributed by atoms with E-state index in [2.05, 4.69) is 5.32 Å². The van der Waals surface area contributed by atoms with E-state index >= 15 is 0 Å². The molecule has 0 saturated carbocycles. The van der Waals surface area contributed by atoms with Gasteiger partial charge in [-0.05, 0) is 31.7 Å². The first kappa shape index (κ1) is 20.3. The fourth-order valence-corrected chi connectivity index (χ4v) is 5.40. The van der Waals surface area contributed by atoms with Crippen molar-refractivity contribution >= 4 is 27.7 Å². The van der Waals surface area contributed by atoms with Crippen molar-refractivity contribution in [3.63, 3.8) is 0 Å². The van der Waals surface area contributed by atoms with E-state index in [1.807, 2.05) is 30.3 Å². The van der Waals surface area contributed by atoms with Crippen LogP contribution in [0.4, 0.5) is 4.79 Å². The van der Waals surface area contributed by atoms with Crippen LogP contribution in [0.2, 0.25) is 0 Å². The van der Waals surface area contributed by atoms with Gasteiger partial charge in [-0.3, -0.25) is 14.5 Å². The van der Waals surface area contributed by atoms with Crippen LogP contribution in [0.3, 0.4) is 0 Å². The Bertz CT molecular complexity index is 886. The summed E-state index contributed by atoms with van der Waals surface area (Å²) in [6.45, 7) is 1.27. The molecule has 1 aromatic carbocycles. The van der Waals surface area contributed by atoms with Crippen LogP contribution < -0.4 is 5.32 Å². The number of amides is 4. The average molecular weight is 407 g/mol.